The lowest BCUT2D eigenvalue weighted by molar-refractivity contribution is -0.157. The molecule has 1 fully saturated rings. The van der Waals surface area contributed by atoms with Crippen LogP contribution in [0, 0.1) is 5.92 Å². The largest absolute Gasteiger partial charge is 0.464 e. The van der Waals surface area contributed by atoms with Crippen LogP contribution in [0.5, 0.6) is 0 Å². The van der Waals surface area contributed by atoms with Gasteiger partial charge in [0.2, 0.25) is 14.8 Å². The fourth-order valence-corrected chi connectivity index (χ4v) is 9.16. The molecule has 2 rings (SSSR count). The first-order valence-corrected chi connectivity index (χ1v) is 19.0. The van der Waals surface area contributed by atoms with Gasteiger partial charge in [-0.15, -0.1) is 0 Å². The minimum absolute atomic E-state index is 0.0173. The van der Waals surface area contributed by atoms with Crippen molar-refractivity contribution in [3.63, 3.8) is 0 Å². The Morgan fingerprint density at radius 1 is 1.11 bits per heavy atom. The van der Waals surface area contributed by atoms with E-state index in [2.05, 4.69) is 0 Å². The van der Waals surface area contributed by atoms with Gasteiger partial charge in [-0.2, -0.15) is 8.42 Å². The zero-order valence-electron chi connectivity index (χ0n) is 22.5. The summed E-state index contributed by atoms with van der Waals surface area (Å²) in [4.78, 5) is 27.2. The first-order chi connectivity index (χ1) is 16.7. The van der Waals surface area contributed by atoms with E-state index in [0.717, 1.165) is 18.3 Å². The van der Waals surface area contributed by atoms with E-state index in [-0.39, 0.29) is 9.93 Å². The van der Waals surface area contributed by atoms with Crippen LogP contribution in [0.2, 0.25) is 18.1 Å². The number of likely N-dealkylation sites (tertiary alicyclic amines) is 1. The Morgan fingerprint density at radius 2 is 1.65 bits per heavy atom. The summed E-state index contributed by atoms with van der Waals surface area (Å²) in [5, 5.41) is -1.30. The van der Waals surface area contributed by atoms with Crippen molar-refractivity contribution in [3.05, 3.63) is 41.8 Å². The number of β-lactam (4-membered cyclic amide) rings is 1. The molecule has 1 saturated heterocycles. The molecule has 1 aromatic carbocycles. The molecule has 208 valence electrons. The maximum atomic E-state index is 13.5. The fourth-order valence-electron chi connectivity index (χ4n) is 3.52. The van der Waals surface area contributed by atoms with Gasteiger partial charge in [0.1, 0.15) is 11.1 Å². The van der Waals surface area contributed by atoms with E-state index >= 15 is 0 Å². The highest BCUT2D eigenvalue weighted by molar-refractivity contribution is 8.72. The molecule has 0 aromatic heterocycles. The van der Waals surface area contributed by atoms with Crippen LogP contribution in [-0.2, 0) is 41.9 Å². The van der Waals surface area contributed by atoms with Crippen LogP contribution in [-0.4, -0.2) is 66.8 Å². The van der Waals surface area contributed by atoms with Gasteiger partial charge in [-0.05, 0) is 54.9 Å². The number of allylic oxidation sites excluding steroid dienone is 1. The van der Waals surface area contributed by atoms with Gasteiger partial charge in [0.15, 0.2) is 14.0 Å². The lowest BCUT2D eigenvalue weighted by Gasteiger charge is -2.50. The van der Waals surface area contributed by atoms with E-state index in [1.165, 1.54) is 19.1 Å². The molecule has 0 N–H and O–H groups in total. The number of benzene rings is 1. The van der Waals surface area contributed by atoms with Crippen molar-refractivity contribution >= 4 is 50.0 Å². The van der Waals surface area contributed by atoms with Crippen LogP contribution in [0.25, 0.3) is 0 Å². The molecule has 10 nitrogen and oxygen atoms in total. The van der Waals surface area contributed by atoms with Crippen LogP contribution >= 0.6 is 10.8 Å². The Morgan fingerprint density at radius 3 is 2.11 bits per heavy atom. The lowest BCUT2D eigenvalue weighted by Crippen LogP contribution is -2.65. The quantitative estimate of drug-likeness (QED) is 0.0752. The third-order valence-corrected chi connectivity index (χ3v) is 15.2. The highest BCUT2D eigenvalue weighted by Crippen LogP contribution is 2.47. The molecule has 1 aliphatic heterocycles. The Balaban J connectivity index is 2.61. The van der Waals surface area contributed by atoms with Gasteiger partial charge >= 0.3 is 16.1 Å². The number of carbonyl (C=O) groups excluding carboxylic acids is 2. The summed E-state index contributed by atoms with van der Waals surface area (Å²) in [7, 11) is -8.88. The fraction of sp³-hybridized carbons (Fsp3) is 0.565. The molecule has 0 bridgehead atoms. The number of ether oxygens (including phenoxy) is 1. The van der Waals surface area contributed by atoms with Gasteiger partial charge in [-0.3, -0.25) is 9.69 Å². The first-order valence-electron chi connectivity index (χ1n) is 11.4. The Hall–Kier alpha value is -1.87. The third-order valence-electron chi connectivity index (χ3n) is 6.36. The minimum Gasteiger partial charge on any atom is -0.464 e. The summed E-state index contributed by atoms with van der Waals surface area (Å²) in [6, 6.07) is 7.66. The number of rotatable bonds is 10. The van der Waals surface area contributed by atoms with E-state index in [9.17, 15) is 26.4 Å². The SMILES string of the molecule is COC(=O)/C(=C(\C)OS(C)(=O)=O)N1C(=O)[C@H]([C@@H](C)O[Si](C)(C)C(C)(C)C)[C@H]1SS(=O)(=O)c1ccccc1. The number of carbonyl (C=O) groups is 2. The molecule has 1 amide bonds. The molecule has 0 radical (unpaired) electrons. The summed E-state index contributed by atoms with van der Waals surface area (Å²) in [5.41, 5.74) is -0.491. The summed E-state index contributed by atoms with van der Waals surface area (Å²) in [6.45, 7) is 13.0. The number of hydrogen-bond donors (Lipinski definition) is 0. The van der Waals surface area contributed by atoms with Crippen molar-refractivity contribution in [2.75, 3.05) is 13.4 Å². The van der Waals surface area contributed by atoms with E-state index < -0.39 is 68.0 Å². The van der Waals surface area contributed by atoms with Crippen LogP contribution in [0.4, 0.5) is 0 Å². The standard InChI is InChI=1S/C23H35NO9S3Si/c1-15(33-37(8,9)23(3,4)5)18-20(25)24(19(22(26)31-6)16(2)32-35(7,27)28)21(18)34-36(29,30)17-13-11-10-12-14-17/h10-15,18,21H,1-9H3/b19-16-/t15-,18+,21-/m1/s1. The number of nitrogens with zero attached hydrogens (tertiary/aromatic N) is 1. The Kier molecular flexibility index (Phi) is 9.39. The average molecular weight is 594 g/mol. The lowest BCUT2D eigenvalue weighted by atomic mass is 9.92. The van der Waals surface area contributed by atoms with Gasteiger partial charge in [-0.1, -0.05) is 39.0 Å². The predicted octanol–water partition coefficient (Wildman–Crippen LogP) is 3.68. The smallest absolute Gasteiger partial charge is 0.358 e. The van der Waals surface area contributed by atoms with E-state index in [1.807, 2.05) is 33.9 Å². The predicted molar refractivity (Wildman–Crippen MR) is 144 cm³/mol. The minimum atomic E-state index is -4.06. The van der Waals surface area contributed by atoms with Gasteiger partial charge in [0.25, 0.3) is 0 Å². The number of methoxy groups -OCH3 is 1. The number of esters is 1. The highest BCUT2D eigenvalue weighted by Gasteiger charge is 2.57. The van der Waals surface area contributed by atoms with Gasteiger partial charge in [0, 0.05) is 0 Å². The molecule has 0 unspecified atom stereocenters. The van der Waals surface area contributed by atoms with Crippen LogP contribution in [0.3, 0.4) is 0 Å². The number of amides is 1. The average Bonchev–Trinajstić information content (AvgIpc) is 2.74. The summed E-state index contributed by atoms with van der Waals surface area (Å²) >= 11 is 0. The van der Waals surface area contributed by atoms with Crippen molar-refractivity contribution in [1.82, 2.24) is 4.90 Å². The van der Waals surface area contributed by atoms with Crippen LogP contribution in [0.15, 0.2) is 46.7 Å². The molecular formula is C23H35NO9S3Si. The Bertz CT molecular complexity index is 1270. The molecule has 1 heterocycles. The van der Waals surface area contributed by atoms with Crippen molar-refractivity contribution in [1.29, 1.82) is 0 Å². The zero-order valence-corrected chi connectivity index (χ0v) is 25.9. The zero-order chi connectivity index (χ0) is 28.6. The molecule has 1 aliphatic rings. The molecule has 0 saturated carbocycles. The first kappa shape index (κ1) is 31.3. The Labute approximate surface area is 224 Å². The van der Waals surface area contributed by atoms with Crippen LogP contribution in [0.1, 0.15) is 34.6 Å². The van der Waals surface area contributed by atoms with Gasteiger partial charge in [-0.25, -0.2) is 13.2 Å². The topological polar surface area (TPSA) is 133 Å². The van der Waals surface area contributed by atoms with Crippen LogP contribution < -0.4 is 0 Å². The molecule has 1 aromatic rings. The van der Waals surface area contributed by atoms with E-state index in [4.69, 9.17) is 13.3 Å². The van der Waals surface area contributed by atoms with Crippen molar-refractivity contribution in [2.24, 2.45) is 5.92 Å². The second-order valence-electron chi connectivity index (χ2n) is 10.3. The number of hydrogen-bond acceptors (Lipinski definition) is 10. The van der Waals surface area contributed by atoms with Crippen molar-refractivity contribution in [3.8, 4) is 0 Å². The third kappa shape index (κ3) is 7.16. The monoisotopic (exact) mass is 593 g/mol. The molecule has 3 atom stereocenters. The molecule has 0 spiro atoms. The summed E-state index contributed by atoms with van der Waals surface area (Å²) in [6.07, 6.45) is 0.0935. The van der Waals surface area contributed by atoms with Crippen molar-refractivity contribution < 1.29 is 39.8 Å². The summed E-state index contributed by atoms with van der Waals surface area (Å²) < 4.78 is 66.2. The second-order valence-corrected chi connectivity index (χ2v) is 20.5. The molecule has 14 heteroatoms. The highest BCUT2D eigenvalue weighted by atomic mass is 33.1. The maximum absolute atomic E-state index is 13.5. The van der Waals surface area contributed by atoms with E-state index in [1.54, 1.807) is 25.1 Å². The normalized spacial score (nSPS) is 20.6. The van der Waals surface area contributed by atoms with E-state index in [0.29, 0.717) is 10.8 Å². The molecule has 37 heavy (non-hydrogen) atoms. The van der Waals surface area contributed by atoms with Gasteiger partial charge < -0.3 is 13.3 Å². The van der Waals surface area contributed by atoms with Gasteiger partial charge in [0.05, 0.1) is 30.3 Å². The molecule has 0 aliphatic carbocycles. The maximum Gasteiger partial charge on any atom is 0.358 e. The molecular weight excluding hydrogens is 559 g/mol. The second kappa shape index (κ2) is 11.1. The van der Waals surface area contributed by atoms with Crippen molar-refractivity contribution in [2.45, 2.75) is 69.1 Å². The summed E-state index contributed by atoms with van der Waals surface area (Å²) in [5.74, 6) is -3.01.